The van der Waals surface area contributed by atoms with Crippen molar-refractivity contribution in [3.05, 3.63) is 29.8 Å². The van der Waals surface area contributed by atoms with E-state index in [0.717, 1.165) is 11.3 Å². The minimum atomic E-state index is -2.67. The van der Waals surface area contributed by atoms with Crippen LogP contribution in [-0.4, -0.2) is 30.1 Å². The lowest BCUT2D eigenvalue weighted by molar-refractivity contribution is 0.114. The van der Waals surface area contributed by atoms with E-state index in [-0.39, 0.29) is 5.54 Å². The first-order valence-corrected chi connectivity index (χ1v) is 6.91. The molecule has 0 saturated carbocycles. The van der Waals surface area contributed by atoms with Crippen LogP contribution in [0, 0.1) is 0 Å². The molecule has 0 saturated heterocycles. The fourth-order valence-electron chi connectivity index (χ4n) is 1.88. The van der Waals surface area contributed by atoms with Crippen LogP contribution < -0.4 is 5.73 Å². The molecule has 0 aliphatic rings. The van der Waals surface area contributed by atoms with Crippen LogP contribution in [0.5, 0.6) is 0 Å². The molecule has 5 heteroatoms. The third kappa shape index (κ3) is 2.27. The Hall–Kier alpha value is -0.883. The van der Waals surface area contributed by atoms with Crippen LogP contribution in [0.4, 0.5) is 5.69 Å². The highest BCUT2D eigenvalue weighted by atomic mass is 28.4. The van der Waals surface area contributed by atoms with Crippen molar-refractivity contribution in [2.45, 2.75) is 12.5 Å². The zero-order valence-electron chi connectivity index (χ0n) is 10.2. The van der Waals surface area contributed by atoms with Gasteiger partial charge in [0.1, 0.15) is 0 Å². The van der Waals surface area contributed by atoms with Crippen molar-refractivity contribution in [1.29, 1.82) is 0 Å². The van der Waals surface area contributed by atoms with Crippen molar-refractivity contribution in [3.8, 4) is 0 Å². The van der Waals surface area contributed by atoms with Crippen LogP contribution in [0.3, 0.4) is 0 Å². The molecular weight excluding hydrogens is 222 g/mol. The highest BCUT2D eigenvalue weighted by Crippen LogP contribution is 2.31. The van der Waals surface area contributed by atoms with Gasteiger partial charge in [-0.2, -0.15) is 0 Å². The number of benzene rings is 1. The molecule has 0 bridgehead atoms. The van der Waals surface area contributed by atoms with Gasteiger partial charge in [0.25, 0.3) is 0 Å². The molecule has 0 aromatic heterocycles. The third-order valence-corrected chi connectivity index (χ3v) is 5.93. The maximum Gasteiger partial charge on any atom is 0.507 e. The van der Waals surface area contributed by atoms with Crippen LogP contribution in [0.15, 0.2) is 24.3 Å². The molecule has 0 heterocycles. The predicted octanol–water partition coefficient (Wildman–Crippen LogP) is 1.79. The zero-order valence-corrected chi connectivity index (χ0v) is 11.2. The number of nitrogen functional groups attached to an aromatic ring is 1. The van der Waals surface area contributed by atoms with Crippen LogP contribution in [0.2, 0.25) is 0 Å². The van der Waals surface area contributed by atoms with E-state index in [1.807, 2.05) is 31.2 Å². The van der Waals surface area contributed by atoms with Gasteiger partial charge in [-0.3, -0.25) is 0 Å². The smallest absolute Gasteiger partial charge is 0.399 e. The molecule has 1 aromatic carbocycles. The van der Waals surface area contributed by atoms with E-state index in [0.29, 0.717) is 0 Å². The quantitative estimate of drug-likeness (QED) is 0.631. The molecule has 16 heavy (non-hydrogen) atoms. The molecule has 1 rings (SSSR count). The lowest BCUT2D eigenvalue weighted by Gasteiger charge is -2.30. The van der Waals surface area contributed by atoms with Crippen LogP contribution in [0.25, 0.3) is 0 Å². The molecule has 1 atom stereocenters. The number of hydrogen-bond acceptors (Lipinski definition) is 4. The second kappa shape index (κ2) is 5.45. The molecule has 4 nitrogen and oxygen atoms in total. The largest absolute Gasteiger partial charge is 0.507 e. The summed E-state index contributed by atoms with van der Waals surface area (Å²) in [6.07, 6.45) is 0. The standard InChI is InChI=1S/C11H19NO3Si/c1-9(16(13-2,14-3)15-4)10-7-5-6-8-11(10)12/h5-9H,12H2,1-4H3. The average Bonchev–Trinajstić information content (AvgIpc) is 2.32. The Kier molecular flexibility index (Phi) is 4.49. The van der Waals surface area contributed by atoms with Gasteiger partial charge >= 0.3 is 8.80 Å². The van der Waals surface area contributed by atoms with Crippen LogP contribution in [0.1, 0.15) is 18.0 Å². The summed E-state index contributed by atoms with van der Waals surface area (Å²) in [6, 6.07) is 7.69. The molecule has 0 radical (unpaired) electrons. The summed E-state index contributed by atoms with van der Waals surface area (Å²) in [5, 5.41) is 0. The summed E-state index contributed by atoms with van der Waals surface area (Å²) < 4.78 is 16.3. The molecule has 0 fully saturated rings. The molecule has 0 aliphatic heterocycles. The Balaban J connectivity index is 3.08. The summed E-state index contributed by atoms with van der Waals surface area (Å²) >= 11 is 0. The van der Waals surface area contributed by atoms with E-state index in [2.05, 4.69) is 0 Å². The number of anilines is 1. The second-order valence-corrected chi connectivity index (χ2v) is 6.86. The Morgan fingerprint density at radius 3 is 2.00 bits per heavy atom. The maximum absolute atomic E-state index is 5.94. The second-order valence-electron chi connectivity index (χ2n) is 3.57. The molecule has 0 amide bonds. The monoisotopic (exact) mass is 241 g/mol. The fraction of sp³-hybridized carbons (Fsp3) is 0.455. The summed E-state index contributed by atoms with van der Waals surface area (Å²) in [6.45, 7) is 2.01. The SMILES string of the molecule is CO[Si](OC)(OC)C(C)c1ccccc1N. The number of hydrogen-bond donors (Lipinski definition) is 1. The third-order valence-electron chi connectivity index (χ3n) is 2.85. The van der Waals surface area contributed by atoms with Gasteiger partial charge in [0, 0.05) is 27.0 Å². The van der Waals surface area contributed by atoms with Gasteiger partial charge in [-0.05, 0) is 11.6 Å². The highest BCUT2D eigenvalue weighted by Gasteiger charge is 2.46. The predicted molar refractivity (Wildman–Crippen MR) is 66.1 cm³/mol. The number of rotatable bonds is 5. The molecular formula is C11H19NO3Si. The zero-order chi connectivity index (χ0) is 12.2. The van der Waals surface area contributed by atoms with Crippen molar-refractivity contribution < 1.29 is 13.3 Å². The fourth-order valence-corrected chi connectivity index (χ4v) is 4.08. The van der Waals surface area contributed by atoms with Gasteiger partial charge in [-0.25, -0.2) is 0 Å². The minimum absolute atomic E-state index is 0.00806. The minimum Gasteiger partial charge on any atom is -0.399 e. The summed E-state index contributed by atoms with van der Waals surface area (Å²) in [5.41, 5.74) is 7.68. The maximum atomic E-state index is 5.94. The van der Waals surface area contributed by atoms with E-state index < -0.39 is 8.80 Å². The van der Waals surface area contributed by atoms with E-state index in [4.69, 9.17) is 19.0 Å². The van der Waals surface area contributed by atoms with Crippen molar-refractivity contribution in [3.63, 3.8) is 0 Å². The lowest BCUT2D eigenvalue weighted by Crippen LogP contribution is -2.48. The first-order chi connectivity index (χ1) is 7.61. The van der Waals surface area contributed by atoms with Gasteiger partial charge in [0.15, 0.2) is 0 Å². The summed E-state index contributed by atoms with van der Waals surface area (Å²) in [5.74, 6) is 0. The summed E-state index contributed by atoms with van der Waals surface area (Å²) in [7, 11) is 2.15. The Morgan fingerprint density at radius 1 is 1.06 bits per heavy atom. The first-order valence-electron chi connectivity index (χ1n) is 5.11. The molecule has 2 N–H and O–H groups in total. The average molecular weight is 241 g/mol. The highest BCUT2D eigenvalue weighted by molar-refractivity contribution is 6.62. The van der Waals surface area contributed by atoms with E-state index >= 15 is 0 Å². The van der Waals surface area contributed by atoms with Crippen LogP contribution >= 0.6 is 0 Å². The van der Waals surface area contributed by atoms with Crippen molar-refractivity contribution in [1.82, 2.24) is 0 Å². The number of nitrogens with two attached hydrogens (primary N) is 1. The Labute approximate surface area is 97.7 Å². The van der Waals surface area contributed by atoms with Gasteiger partial charge < -0.3 is 19.0 Å². The van der Waals surface area contributed by atoms with Crippen molar-refractivity contribution in [2.75, 3.05) is 27.1 Å². The van der Waals surface area contributed by atoms with Crippen molar-refractivity contribution in [2.24, 2.45) is 0 Å². The Morgan fingerprint density at radius 2 is 1.56 bits per heavy atom. The Bertz CT molecular complexity index is 333. The normalized spacial score (nSPS) is 13.8. The first kappa shape index (κ1) is 13.2. The van der Waals surface area contributed by atoms with Gasteiger partial charge in [0.2, 0.25) is 0 Å². The molecule has 90 valence electrons. The topological polar surface area (TPSA) is 53.7 Å². The van der Waals surface area contributed by atoms with E-state index in [1.54, 1.807) is 21.3 Å². The van der Waals surface area contributed by atoms with Crippen molar-refractivity contribution >= 4 is 14.5 Å². The molecule has 0 aliphatic carbocycles. The molecule has 0 spiro atoms. The molecule has 1 aromatic rings. The summed E-state index contributed by atoms with van der Waals surface area (Å²) in [4.78, 5) is 0. The van der Waals surface area contributed by atoms with Gasteiger partial charge in [0.05, 0.1) is 5.54 Å². The van der Waals surface area contributed by atoms with E-state index in [9.17, 15) is 0 Å². The van der Waals surface area contributed by atoms with Gasteiger partial charge in [-0.1, -0.05) is 25.1 Å². The van der Waals surface area contributed by atoms with Crippen LogP contribution in [-0.2, 0) is 13.3 Å². The lowest BCUT2D eigenvalue weighted by atomic mass is 10.1. The van der Waals surface area contributed by atoms with Gasteiger partial charge in [-0.15, -0.1) is 0 Å². The number of para-hydroxylation sites is 1. The molecule has 1 unspecified atom stereocenters. The van der Waals surface area contributed by atoms with E-state index in [1.165, 1.54) is 0 Å².